The van der Waals surface area contributed by atoms with Crippen molar-refractivity contribution < 1.29 is 22.7 Å². The maximum absolute atomic E-state index is 14.5. The lowest BCUT2D eigenvalue weighted by atomic mass is 10.00. The van der Waals surface area contributed by atoms with E-state index in [4.69, 9.17) is 0 Å². The van der Waals surface area contributed by atoms with Crippen LogP contribution in [0.3, 0.4) is 0 Å². The van der Waals surface area contributed by atoms with Gasteiger partial charge in [0, 0.05) is 36.1 Å². The van der Waals surface area contributed by atoms with E-state index in [2.05, 4.69) is 14.9 Å². The lowest BCUT2D eigenvalue weighted by molar-refractivity contribution is 0.0600. The van der Waals surface area contributed by atoms with Gasteiger partial charge in [0.1, 0.15) is 11.6 Å². The summed E-state index contributed by atoms with van der Waals surface area (Å²) < 4.78 is 47.2. The molecule has 8 heteroatoms. The normalized spacial score (nSPS) is 17.9. The minimum atomic E-state index is -2.62. The van der Waals surface area contributed by atoms with Crippen LogP contribution >= 0.6 is 0 Å². The van der Waals surface area contributed by atoms with Gasteiger partial charge in [-0.25, -0.2) is 18.0 Å². The summed E-state index contributed by atoms with van der Waals surface area (Å²) in [6.45, 7) is 1.77. The maximum Gasteiger partial charge on any atom is 0.337 e. The second-order valence-corrected chi connectivity index (χ2v) is 6.72. The number of hydrogen-bond donors (Lipinski definition) is 0. The zero-order valence-corrected chi connectivity index (χ0v) is 14.7. The van der Waals surface area contributed by atoms with Crippen molar-refractivity contribution in [2.24, 2.45) is 5.92 Å². The first-order valence-corrected chi connectivity index (χ1v) is 8.41. The van der Waals surface area contributed by atoms with Crippen LogP contribution in [0.25, 0.3) is 16.8 Å². The average Bonchev–Trinajstić information content (AvgIpc) is 3.04. The topological polar surface area (TPSA) is 56.5 Å². The van der Waals surface area contributed by atoms with E-state index in [1.54, 1.807) is 23.6 Å². The molecule has 1 saturated carbocycles. The zero-order valence-electron chi connectivity index (χ0n) is 14.7. The fourth-order valence-corrected chi connectivity index (χ4v) is 3.25. The van der Waals surface area contributed by atoms with Gasteiger partial charge in [-0.05, 0) is 30.7 Å². The minimum Gasteiger partial charge on any atom is -0.465 e. The van der Waals surface area contributed by atoms with Crippen molar-refractivity contribution in [3.8, 4) is 11.1 Å². The predicted octanol–water partition coefficient (Wildman–Crippen LogP) is 3.83. The van der Waals surface area contributed by atoms with E-state index in [-0.39, 0.29) is 18.4 Å². The number of aromatic nitrogens is 3. The molecule has 1 aliphatic carbocycles. The first-order valence-electron chi connectivity index (χ1n) is 8.41. The monoisotopic (exact) mass is 375 g/mol. The summed E-state index contributed by atoms with van der Waals surface area (Å²) in [5.74, 6) is -4.04. The summed E-state index contributed by atoms with van der Waals surface area (Å²) in [5.41, 5.74) is 2.17. The van der Waals surface area contributed by atoms with Crippen molar-refractivity contribution in [2.75, 3.05) is 7.11 Å². The van der Waals surface area contributed by atoms with Crippen LogP contribution in [-0.2, 0) is 11.2 Å². The number of fused-ring (bicyclic) bond motifs is 1. The van der Waals surface area contributed by atoms with Crippen LogP contribution in [0, 0.1) is 18.7 Å². The number of rotatable bonds is 4. The molecule has 1 aromatic carbocycles. The molecule has 5 nitrogen and oxygen atoms in total. The number of benzene rings is 1. The third kappa shape index (κ3) is 2.94. The zero-order chi connectivity index (χ0) is 19.3. The van der Waals surface area contributed by atoms with Gasteiger partial charge < -0.3 is 4.74 Å². The molecule has 0 bridgehead atoms. The van der Waals surface area contributed by atoms with Gasteiger partial charge in [-0.1, -0.05) is 6.07 Å². The number of aryl methyl sites for hydroxylation is 1. The van der Waals surface area contributed by atoms with Crippen LogP contribution in [0.15, 0.2) is 30.5 Å². The summed E-state index contributed by atoms with van der Waals surface area (Å²) in [6, 6.07) is 5.80. The SMILES string of the molecule is COC(=O)c1ccc(-c2ccn3c(CC4CC4(F)F)nnc3c2C)c(F)c1. The first kappa shape index (κ1) is 17.5. The molecular weight excluding hydrogens is 359 g/mol. The molecule has 1 atom stereocenters. The molecule has 0 saturated heterocycles. The van der Waals surface area contributed by atoms with Gasteiger partial charge in [0.25, 0.3) is 5.92 Å². The Morgan fingerprint density at radius 3 is 2.67 bits per heavy atom. The third-order valence-corrected chi connectivity index (χ3v) is 4.96. The van der Waals surface area contributed by atoms with E-state index in [1.807, 2.05) is 0 Å². The first-order chi connectivity index (χ1) is 12.8. The van der Waals surface area contributed by atoms with Crippen LogP contribution in [-0.4, -0.2) is 33.6 Å². The van der Waals surface area contributed by atoms with Crippen molar-refractivity contribution >= 4 is 11.6 Å². The number of nitrogens with zero attached hydrogens (tertiary/aromatic N) is 3. The Bertz CT molecular complexity index is 1060. The molecule has 2 heterocycles. The van der Waals surface area contributed by atoms with Crippen molar-refractivity contribution in [1.82, 2.24) is 14.6 Å². The van der Waals surface area contributed by atoms with Gasteiger partial charge in [-0.2, -0.15) is 0 Å². The fourth-order valence-electron chi connectivity index (χ4n) is 3.25. The largest absolute Gasteiger partial charge is 0.465 e. The number of halogens is 3. The number of alkyl halides is 2. The Hall–Kier alpha value is -2.90. The number of methoxy groups -OCH3 is 1. The molecule has 0 aliphatic heterocycles. The number of pyridine rings is 1. The second-order valence-electron chi connectivity index (χ2n) is 6.72. The molecule has 1 aliphatic rings. The Kier molecular flexibility index (Phi) is 3.94. The highest BCUT2D eigenvalue weighted by molar-refractivity contribution is 5.90. The molecular formula is C19H16F3N3O2. The summed E-state index contributed by atoms with van der Waals surface area (Å²) >= 11 is 0. The molecule has 140 valence electrons. The van der Waals surface area contributed by atoms with Gasteiger partial charge in [0.2, 0.25) is 0 Å². The van der Waals surface area contributed by atoms with Crippen LogP contribution in [0.5, 0.6) is 0 Å². The Morgan fingerprint density at radius 1 is 1.30 bits per heavy atom. The molecule has 2 aromatic heterocycles. The highest BCUT2D eigenvalue weighted by Gasteiger charge is 2.56. The molecule has 1 fully saturated rings. The van der Waals surface area contributed by atoms with Crippen molar-refractivity contribution in [2.45, 2.75) is 25.7 Å². The highest BCUT2D eigenvalue weighted by atomic mass is 19.3. The molecule has 0 spiro atoms. The van der Waals surface area contributed by atoms with Gasteiger partial charge in [-0.15, -0.1) is 10.2 Å². The Morgan fingerprint density at radius 2 is 2.04 bits per heavy atom. The van der Waals surface area contributed by atoms with Crippen LogP contribution in [0.4, 0.5) is 13.2 Å². The molecule has 0 radical (unpaired) electrons. The number of esters is 1. The van der Waals surface area contributed by atoms with E-state index >= 15 is 0 Å². The van der Waals surface area contributed by atoms with Crippen LogP contribution in [0.2, 0.25) is 0 Å². The summed E-state index contributed by atoms with van der Waals surface area (Å²) in [4.78, 5) is 11.5. The van der Waals surface area contributed by atoms with Gasteiger partial charge >= 0.3 is 5.97 Å². The van der Waals surface area contributed by atoms with Crippen LogP contribution < -0.4 is 0 Å². The second kappa shape index (κ2) is 6.07. The maximum atomic E-state index is 14.5. The molecule has 3 aromatic rings. The smallest absolute Gasteiger partial charge is 0.337 e. The lowest BCUT2D eigenvalue weighted by Crippen LogP contribution is -2.03. The van der Waals surface area contributed by atoms with Gasteiger partial charge in [-0.3, -0.25) is 4.40 Å². The molecule has 1 unspecified atom stereocenters. The van der Waals surface area contributed by atoms with Crippen LogP contribution in [0.1, 0.15) is 28.2 Å². The predicted molar refractivity (Wildman–Crippen MR) is 91.2 cm³/mol. The van der Waals surface area contributed by atoms with E-state index in [9.17, 15) is 18.0 Å². The molecule has 0 amide bonds. The highest BCUT2D eigenvalue weighted by Crippen LogP contribution is 2.50. The molecule has 27 heavy (non-hydrogen) atoms. The van der Waals surface area contributed by atoms with E-state index in [0.717, 1.165) is 6.07 Å². The number of hydrogen-bond acceptors (Lipinski definition) is 4. The summed E-state index contributed by atoms with van der Waals surface area (Å²) in [5, 5.41) is 8.13. The number of carbonyl (C=O) groups is 1. The van der Waals surface area contributed by atoms with Gasteiger partial charge in [0.05, 0.1) is 12.7 Å². The standard InChI is InChI=1S/C19H16F3N3O2/c1-10-13(14-4-3-11(7-15(14)20)18(26)27-2)5-6-25-16(23-24-17(10)25)8-12-9-19(12,21)22/h3-7,12H,8-9H2,1-2H3. The molecule has 0 N–H and O–H groups in total. The van der Waals surface area contributed by atoms with Crippen molar-refractivity contribution in [1.29, 1.82) is 0 Å². The van der Waals surface area contributed by atoms with E-state index in [1.165, 1.54) is 19.2 Å². The van der Waals surface area contributed by atoms with E-state index < -0.39 is 23.6 Å². The summed E-state index contributed by atoms with van der Waals surface area (Å²) in [7, 11) is 1.23. The van der Waals surface area contributed by atoms with Crippen molar-refractivity contribution in [3.05, 3.63) is 53.2 Å². The third-order valence-electron chi connectivity index (χ3n) is 4.96. The minimum absolute atomic E-state index is 0.118. The molecule has 4 rings (SSSR count). The Balaban J connectivity index is 1.71. The Labute approximate surface area is 152 Å². The van der Waals surface area contributed by atoms with E-state index in [0.29, 0.717) is 28.2 Å². The quantitative estimate of drug-likeness (QED) is 0.651. The van der Waals surface area contributed by atoms with Gasteiger partial charge in [0.15, 0.2) is 5.65 Å². The fraction of sp³-hybridized carbons (Fsp3) is 0.316. The van der Waals surface area contributed by atoms with Crippen molar-refractivity contribution in [3.63, 3.8) is 0 Å². The lowest BCUT2D eigenvalue weighted by Gasteiger charge is -2.10. The average molecular weight is 375 g/mol. The number of ether oxygens (including phenoxy) is 1. The number of carbonyl (C=O) groups excluding carboxylic acids is 1. The summed E-state index contributed by atoms with van der Waals surface area (Å²) in [6.07, 6.45) is 1.67.